The van der Waals surface area contributed by atoms with Gasteiger partial charge in [0.15, 0.2) is 0 Å². The van der Waals surface area contributed by atoms with Crippen LogP contribution in [0.4, 0.5) is 0 Å². The highest BCUT2D eigenvalue weighted by Crippen LogP contribution is 2.20. The normalized spacial score (nSPS) is 26.4. The highest BCUT2D eigenvalue weighted by atomic mass is 16.5. The molecule has 19 heavy (non-hydrogen) atoms. The summed E-state index contributed by atoms with van der Waals surface area (Å²) in [4.78, 5) is 2.29. The molecule has 1 saturated heterocycles. The van der Waals surface area contributed by atoms with Crippen molar-refractivity contribution < 1.29 is 9.84 Å². The van der Waals surface area contributed by atoms with Crippen LogP contribution in [0.1, 0.15) is 36.6 Å². The van der Waals surface area contributed by atoms with Gasteiger partial charge in [-0.25, -0.2) is 0 Å². The molecule has 106 valence electrons. The van der Waals surface area contributed by atoms with Gasteiger partial charge in [-0.2, -0.15) is 0 Å². The molecule has 1 aromatic carbocycles. The van der Waals surface area contributed by atoms with Crippen molar-refractivity contribution in [2.45, 2.75) is 46.0 Å². The lowest BCUT2D eigenvalue weighted by molar-refractivity contribution is -0.0767. The lowest BCUT2D eigenvalue weighted by atomic mass is 10.0. The number of morpholine rings is 1. The molecule has 3 atom stereocenters. The fourth-order valence-corrected chi connectivity index (χ4v) is 2.99. The second-order valence-corrected chi connectivity index (χ2v) is 5.91. The Balaban J connectivity index is 2.01. The van der Waals surface area contributed by atoms with Crippen molar-refractivity contribution >= 4 is 0 Å². The van der Waals surface area contributed by atoms with E-state index in [1.54, 1.807) is 0 Å². The Hall–Kier alpha value is -0.900. The predicted octanol–water partition coefficient (Wildman–Crippen LogP) is 2.45. The van der Waals surface area contributed by atoms with E-state index < -0.39 is 6.10 Å². The maximum Gasteiger partial charge on any atom is 0.0917 e. The van der Waals surface area contributed by atoms with E-state index >= 15 is 0 Å². The summed E-state index contributed by atoms with van der Waals surface area (Å²) in [6, 6.07) is 6.28. The molecular formula is C16H25NO2. The summed E-state index contributed by atoms with van der Waals surface area (Å²) in [5.74, 6) is 0. The van der Waals surface area contributed by atoms with Gasteiger partial charge < -0.3 is 9.84 Å². The number of ether oxygens (including phenoxy) is 1. The van der Waals surface area contributed by atoms with Crippen molar-refractivity contribution in [1.29, 1.82) is 0 Å². The molecule has 0 radical (unpaired) electrons. The Bertz CT molecular complexity index is 403. The number of β-amino-alcohol motifs (C(OH)–C–C–N with tert-alkyl or cyclic N) is 1. The Kier molecular flexibility index (Phi) is 4.61. The number of benzene rings is 1. The van der Waals surface area contributed by atoms with Crippen LogP contribution in [0.3, 0.4) is 0 Å². The molecule has 1 heterocycles. The zero-order valence-corrected chi connectivity index (χ0v) is 12.4. The molecular weight excluding hydrogens is 238 g/mol. The molecule has 1 fully saturated rings. The van der Waals surface area contributed by atoms with Crippen molar-refractivity contribution in [3.8, 4) is 0 Å². The van der Waals surface area contributed by atoms with Gasteiger partial charge in [0.2, 0.25) is 0 Å². The van der Waals surface area contributed by atoms with Crippen LogP contribution >= 0.6 is 0 Å². The van der Waals surface area contributed by atoms with Gasteiger partial charge >= 0.3 is 0 Å². The van der Waals surface area contributed by atoms with E-state index in [9.17, 15) is 5.11 Å². The van der Waals surface area contributed by atoms with Crippen LogP contribution in [0, 0.1) is 13.8 Å². The fourth-order valence-electron chi connectivity index (χ4n) is 2.99. The van der Waals surface area contributed by atoms with E-state index in [4.69, 9.17) is 4.74 Å². The Morgan fingerprint density at radius 2 is 1.68 bits per heavy atom. The van der Waals surface area contributed by atoms with Crippen LogP contribution in [0.15, 0.2) is 18.2 Å². The third-order valence-corrected chi connectivity index (χ3v) is 3.56. The molecule has 2 rings (SSSR count). The number of rotatable bonds is 3. The minimum absolute atomic E-state index is 0.246. The summed E-state index contributed by atoms with van der Waals surface area (Å²) in [7, 11) is 0. The number of nitrogens with zero attached hydrogens (tertiary/aromatic N) is 1. The second-order valence-electron chi connectivity index (χ2n) is 5.91. The molecule has 0 aromatic heterocycles. The molecule has 0 spiro atoms. The SMILES string of the molecule is Cc1cc(C)cc(C(O)CN2C[C@@H](C)O[C@@H](C)C2)c1. The Morgan fingerprint density at radius 1 is 1.16 bits per heavy atom. The molecule has 1 aromatic rings. The molecule has 1 N–H and O–H groups in total. The first kappa shape index (κ1) is 14.5. The maximum atomic E-state index is 10.4. The largest absolute Gasteiger partial charge is 0.387 e. The fraction of sp³-hybridized carbons (Fsp3) is 0.625. The van der Waals surface area contributed by atoms with Gasteiger partial charge in [-0.15, -0.1) is 0 Å². The first-order chi connectivity index (χ1) is 8.94. The number of hydrogen-bond acceptors (Lipinski definition) is 3. The van der Waals surface area contributed by atoms with Crippen molar-refractivity contribution in [3.05, 3.63) is 34.9 Å². The molecule has 1 unspecified atom stereocenters. The summed E-state index contributed by atoms with van der Waals surface area (Å²) < 4.78 is 5.72. The molecule has 0 bridgehead atoms. The average molecular weight is 263 g/mol. The van der Waals surface area contributed by atoms with Crippen molar-refractivity contribution in [2.75, 3.05) is 19.6 Å². The van der Waals surface area contributed by atoms with E-state index in [1.807, 2.05) is 0 Å². The zero-order valence-electron chi connectivity index (χ0n) is 12.4. The number of aliphatic hydroxyl groups is 1. The van der Waals surface area contributed by atoms with Crippen molar-refractivity contribution in [2.24, 2.45) is 0 Å². The van der Waals surface area contributed by atoms with Gasteiger partial charge in [-0.05, 0) is 33.3 Å². The monoisotopic (exact) mass is 263 g/mol. The van der Waals surface area contributed by atoms with E-state index in [1.165, 1.54) is 11.1 Å². The Labute approximate surface area is 116 Å². The van der Waals surface area contributed by atoms with Crippen molar-refractivity contribution in [3.63, 3.8) is 0 Å². The summed E-state index contributed by atoms with van der Waals surface area (Å²) in [5, 5.41) is 10.4. The molecule has 3 nitrogen and oxygen atoms in total. The van der Waals surface area contributed by atoms with E-state index in [0.717, 1.165) is 18.7 Å². The number of aliphatic hydroxyl groups excluding tert-OH is 1. The lowest BCUT2D eigenvalue weighted by Crippen LogP contribution is -2.46. The highest BCUT2D eigenvalue weighted by Gasteiger charge is 2.24. The molecule has 1 aliphatic heterocycles. The van der Waals surface area contributed by atoms with Crippen LogP contribution in [0.25, 0.3) is 0 Å². The first-order valence-corrected chi connectivity index (χ1v) is 7.08. The quantitative estimate of drug-likeness (QED) is 0.909. The van der Waals surface area contributed by atoms with Gasteiger partial charge in [-0.1, -0.05) is 29.3 Å². The second kappa shape index (κ2) is 6.04. The molecule has 0 saturated carbocycles. The van der Waals surface area contributed by atoms with Gasteiger partial charge in [0.25, 0.3) is 0 Å². The van der Waals surface area contributed by atoms with Crippen LogP contribution in [0.2, 0.25) is 0 Å². The highest BCUT2D eigenvalue weighted by molar-refractivity contribution is 5.30. The third-order valence-electron chi connectivity index (χ3n) is 3.56. The minimum Gasteiger partial charge on any atom is -0.387 e. The minimum atomic E-state index is -0.420. The average Bonchev–Trinajstić information content (AvgIpc) is 2.25. The lowest BCUT2D eigenvalue weighted by Gasteiger charge is -2.36. The predicted molar refractivity (Wildman–Crippen MR) is 77.3 cm³/mol. The molecule has 0 aliphatic carbocycles. The van der Waals surface area contributed by atoms with E-state index in [2.05, 4.69) is 50.8 Å². The molecule has 1 aliphatic rings. The van der Waals surface area contributed by atoms with Gasteiger partial charge in [0.05, 0.1) is 18.3 Å². The number of aryl methyl sites for hydroxylation is 2. The topological polar surface area (TPSA) is 32.7 Å². The maximum absolute atomic E-state index is 10.4. The summed E-state index contributed by atoms with van der Waals surface area (Å²) in [5.41, 5.74) is 3.43. The molecule has 3 heteroatoms. The van der Waals surface area contributed by atoms with Gasteiger partial charge in [0, 0.05) is 19.6 Å². The smallest absolute Gasteiger partial charge is 0.0917 e. The number of hydrogen-bond donors (Lipinski definition) is 1. The van der Waals surface area contributed by atoms with Crippen LogP contribution < -0.4 is 0 Å². The van der Waals surface area contributed by atoms with Crippen LogP contribution in [-0.4, -0.2) is 41.8 Å². The van der Waals surface area contributed by atoms with Gasteiger partial charge in [-0.3, -0.25) is 4.90 Å². The van der Waals surface area contributed by atoms with E-state index in [-0.39, 0.29) is 12.2 Å². The van der Waals surface area contributed by atoms with Crippen molar-refractivity contribution in [1.82, 2.24) is 4.90 Å². The Morgan fingerprint density at radius 3 is 2.21 bits per heavy atom. The van der Waals surface area contributed by atoms with E-state index in [0.29, 0.717) is 6.54 Å². The van der Waals surface area contributed by atoms with Crippen LogP contribution in [-0.2, 0) is 4.74 Å². The zero-order chi connectivity index (χ0) is 14.0. The standard InChI is InChI=1S/C16H25NO2/c1-11-5-12(2)7-15(6-11)16(18)10-17-8-13(3)19-14(4)9-17/h5-7,13-14,16,18H,8-10H2,1-4H3/t13-,14+,16?. The third kappa shape index (κ3) is 4.03. The summed E-state index contributed by atoms with van der Waals surface area (Å²) >= 11 is 0. The summed E-state index contributed by atoms with van der Waals surface area (Å²) in [6.07, 6.45) is 0.0708. The first-order valence-electron chi connectivity index (χ1n) is 7.08. The molecule has 0 amide bonds. The van der Waals surface area contributed by atoms with Gasteiger partial charge in [0.1, 0.15) is 0 Å². The van der Waals surface area contributed by atoms with Crippen LogP contribution in [0.5, 0.6) is 0 Å². The summed E-state index contributed by atoms with van der Waals surface area (Å²) in [6.45, 7) is 10.8.